The first-order valence-corrected chi connectivity index (χ1v) is 9.50. The van der Waals surface area contributed by atoms with Crippen molar-refractivity contribution in [2.24, 2.45) is 0 Å². The monoisotopic (exact) mass is 333 g/mol. The average Bonchev–Trinajstić information content (AvgIpc) is 2.93. The molecule has 8 heteroatoms. The SMILES string of the molecule is CCCc1nc(S(=O)(=O)Cl)cn1CCc1scnc1C. The summed E-state index contributed by atoms with van der Waals surface area (Å²) in [4.78, 5) is 9.54. The molecular formula is C12H16ClN3O2S2. The second-order valence-corrected chi connectivity index (χ2v) is 7.94. The molecule has 2 rings (SSSR count). The van der Waals surface area contributed by atoms with Gasteiger partial charge < -0.3 is 4.57 Å². The van der Waals surface area contributed by atoms with Gasteiger partial charge in [-0.25, -0.2) is 18.4 Å². The minimum absolute atomic E-state index is 0.0661. The third-order valence-corrected chi connectivity index (χ3v) is 5.15. The molecule has 0 aliphatic heterocycles. The molecular weight excluding hydrogens is 318 g/mol. The van der Waals surface area contributed by atoms with Gasteiger partial charge >= 0.3 is 0 Å². The summed E-state index contributed by atoms with van der Waals surface area (Å²) >= 11 is 1.61. The van der Waals surface area contributed by atoms with E-state index in [1.807, 2.05) is 23.9 Å². The molecule has 110 valence electrons. The molecule has 0 saturated carbocycles. The summed E-state index contributed by atoms with van der Waals surface area (Å²) in [5, 5.41) is -0.0661. The second kappa shape index (κ2) is 6.24. The molecule has 0 radical (unpaired) electrons. The van der Waals surface area contributed by atoms with Crippen LogP contribution in [0.4, 0.5) is 0 Å². The van der Waals surface area contributed by atoms with Gasteiger partial charge in [-0.15, -0.1) is 11.3 Å². The van der Waals surface area contributed by atoms with E-state index in [1.54, 1.807) is 11.3 Å². The first-order chi connectivity index (χ1) is 9.41. The number of aromatic nitrogens is 3. The number of rotatable bonds is 6. The van der Waals surface area contributed by atoms with Gasteiger partial charge in [-0.05, 0) is 13.3 Å². The summed E-state index contributed by atoms with van der Waals surface area (Å²) in [6.45, 7) is 4.68. The van der Waals surface area contributed by atoms with E-state index in [4.69, 9.17) is 10.7 Å². The van der Waals surface area contributed by atoms with Crippen LogP contribution in [0.25, 0.3) is 0 Å². The van der Waals surface area contributed by atoms with Crippen molar-refractivity contribution < 1.29 is 8.42 Å². The van der Waals surface area contributed by atoms with Gasteiger partial charge in [0.1, 0.15) is 5.82 Å². The van der Waals surface area contributed by atoms with E-state index in [-0.39, 0.29) is 5.03 Å². The Labute approximate surface area is 127 Å². The van der Waals surface area contributed by atoms with Crippen LogP contribution in [0, 0.1) is 6.92 Å². The Balaban J connectivity index is 2.21. The standard InChI is InChI=1S/C12H16ClN3O2S2/c1-3-4-11-15-12(20(13,17)18)7-16(11)6-5-10-9(2)14-8-19-10/h7-8H,3-6H2,1-2H3. The Kier molecular flexibility index (Phi) is 4.82. The predicted molar refractivity (Wildman–Crippen MR) is 79.8 cm³/mol. The van der Waals surface area contributed by atoms with E-state index in [1.165, 1.54) is 11.1 Å². The molecule has 2 aromatic heterocycles. The summed E-state index contributed by atoms with van der Waals surface area (Å²) < 4.78 is 24.6. The molecule has 0 fully saturated rings. The average molecular weight is 334 g/mol. The largest absolute Gasteiger partial charge is 0.333 e. The third-order valence-electron chi connectivity index (χ3n) is 2.99. The molecule has 2 heterocycles. The van der Waals surface area contributed by atoms with Crippen LogP contribution in [0.3, 0.4) is 0 Å². The minimum atomic E-state index is -3.77. The van der Waals surface area contributed by atoms with E-state index in [2.05, 4.69) is 9.97 Å². The second-order valence-electron chi connectivity index (χ2n) is 4.49. The summed E-state index contributed by atoms with van der Waals surface area (Å²) in [7, 11) is 1.58. The number of nitrogens with zero attached hydrogens (tertiary/aromatic N) is 3. The lowest BCUT2D eigenvalue weighted by molar-refractivity contribution is 0.606. The highest BCUT2D eigenvalue weighted by Gasteiger charge is 2.17. The van der Waals surface area contributed by atoms with Gasteiger partial charge in [0.2, 0.25) is 0 Å². The minimum Gasteiger partial charge on any atom is -0.333 e. The van der Waals surface area contributed by atoms with Crippen molar-refractivity contribution in [2.45, 2.75) is 44.7 Å². The van der Waals surface area contributed by atoms with Crippen LogP contribution in [0.15, 0.2) is 16.7 Å². The van der Waals surface area contributed by atoms with Gasteiger partial charge in [0.05, 0.1) is 11.2 Å². The van der Waals surface area contributed by atoms with Crippen LogP contribution in [0.1, 0.15) is 29.7 Å². The van der Waals surface area contributed by atoms with E-state index in [0.717, 1.165) is 30.8 Å². The lowest BCUT2D eigenvalue weighted by Crippen LogP contribution is -2.05. The van der Waals surface area contributed by atoms with Crippen molar-refractivity contribution in [1.82, 2.24) is 14.5 Å². The molecule has 0 N–H and O–H groups in total. The van der Waals surface area contributed by atoms with Crippen LogP contribution in [-0.4, -0.2) is 23.0 Å². The van der Waals surface area contributed by atoms with Gasteiger partial charge in [-0.1, -0.05) is 6.92 Å². The van der Waals surface area contributed by atoms with Gasteiger partial charge in [-0.3, -0.25) is 0 Å². The highest BCUT2D eigenvalue weighted by molar-refractivity contribution is 8.13. The summed E-state index contributed by atoms with van der Waals surface area (Å²) in [6, 6.07) is 0. The summed E-state index contributed by atoms with van der Waals surface area (Å²) in [6.07, 6.45) is 3.96. The molecule has 0 spiro atoms. The fraction of sp³-hybridized carbons (Fsp3) is 0.500. The maximum absolute atomic E-state index is 11.4. The molecule has 5 nitrogen and oxygen atoms in total. The Hall–Kier alpha value is -0.920. The zero-order chi connectivity index (χ0) is 14.8. The van der Waals surface area contributed by atoms with Crippen molar-refractivity contribution in [3.63, 3.8) is 0 Å². The van der Waals surface area contributed by atoms with Crippen LogP contribution in [0.5, 0.6) is 0 Å². The first kappa shape index (κ1) is 15.5. The summed E-state index contributed by atoms with van der Waals surface area (Å²) in [5.41, 5.74) is 2.84. The van der Waals surface area contributed by atoms with Crippen molar-refractivity contribution in [3.8, 4) is 0 Å². The number of hydrogen-bond donors (Lipinski definition) is 0. The molecule has 0 amide bonds. The normalized spacial score (nSPS) is 11.9. The van der Waals surface area contributed by atoms with Crippen molar-refractivity contribution in [3.05, 3.63) is 28.1 Å². The Morgan fingerprint density at radius 1 is 1.40 bits per heavy atom. The number of halogens is 1. The van der Waals surface area contributed by atoms with E-state index in [0.29, 0.717) is 6.54 Å². The fourth-order valence-corrected chi connectivity index (χ4v) is 3.41. The maximum atomic E-state index is 11.4. The Morgan fingerprint density at radius 3 is 2.70 bits per heavy atom. The molecule has 0 bridgehead atoms. The molecule has 2 aromatic rings. The molecule has 0 aromatic carbocycles. The zero-order valence-corrected chi connectivity index (χ0v) is 13.7. The zero-order valence-electron chi connectivity index (χ0n) is 11.3. The van der Waals surface area contributed by atoms with Crippen LogP contribution in [0.2, 0.25) is 0 Å². The van der Waals surface area contributed by atoms with Crippen LogP contribution >= 0.6 is 22.0 Å². The quantitative estimate of drug-likeness (QED) is 0.762. The van der Waals surface area contributed by atoms with Crippen molar-refractivity contribution >= 4 is 31.1 Å². The van der Waals surface area contributed by atoms with Crippen LogP contribution < -0.4 is 0 Å². The fourth-order valence-electron chi connectivity index (χ4n) is 1.95. The molecule has 0 atom stereocenters. The van der Waals surface area contributed by atoms with Gasteiger partial charge in [0.25, 0.3) is 9.05 Å². The number of aryl methyl sites for hydroxylation is 4. The highest BCUT2D eigenvalue weighted by Crippen LogP contribution is 2.18. The van der Waals surface area contributed by atoms with Crippen LogP contribution in [-0.2, 0) is 28.4 Å². The summed E-state index contributed by atoms with van der Waals surface area (Å²) in [5.74, 6) is 0.758. The first-order valence-electron chi connectivity index (χ1n) is 6.31. The van der Waals surface area contributed by atoms with Gasteiger partial charge in [-0.2, -0.15) is 0 Å². The molecule has 20 heavy (non-hydrogen) atoms. The Bertz CT molecular complexity index is 691. The molecule has 0 saturated heterocycles. The van der Waals surface area contributed by atoms with Gasteiger partial charge in [0, 0.05) is 41.1 Å². The molecule has 0 aliphatic carbocycles. The molecule has 0 aliphatic rings. The number of hydrogen-bond acceptors (Lipinski definition) is 5. The van der Waals surface area contributed by atoms with E-state index < -0.39 is 9.05 Å². The predicted octanol–water partition coefficient (Wildman–Crippen LogP) is 2.77. The number of thiazole rings is 1. The van der Waals surface area contributed by atoms with Crippen molar-refractivity contribution in [1.29, 1.82) is 0 Å². The lowest BCUT2D eigenvalue weighted by Gasteiger charge is -2.06. The lowest BCUT2D eigenvalue weighted by atomic mass is 10.3. The number of imidazole rings is 1. The van der Waals surface area contributed by atoms with Gasteiger partial charge in [0.15, 0.2) is 5.03 Å². The van der Waals surface area contributed by atoms with E-state index in [9.17, 15) is 8.42 Å². The maximum Gasteiger partial charge on any atom is 0.280 e. The smallest absolute Gasteiger partial charge is 0.280 e. The van der Waals surface area contributed by atoms with Crippen molar-refractivity contribution in [2.75, 3.05) is 0 Å². The Morgan fingerprint density at radius 2 is 2.15 bits per heavy atom. The molecule has 0 unspecified atom stereocenters. The topological polar surface area (TPSA) is 64.8 Å². The van der Waals surface area contributed by atoms with E-state index >= 15 is 0 Å². The third kappa shape index (κ3) is 3.59. The highest BCUT2D eigenvalue weighted by atomic mass is 35.7.